The van der Waals surface area contributed by atoms with Crippen LogP contribution in [0.1, 0.15) is 37.8 Å². The minimum Gasteiger partial charge on any atom is -0.377 e. The second-order valence-electron chi connectivity index (χ2n) is 5.90. The molecule has 1 nitrogen and oxygen atoms in total. The Morgan fingerprint density at radius 3 is 1.92 bits per heavy atom. The van der Waals surface area contributed by atoms with Gasteiger partial charge in [-0.15, -0.1) is 9.24 Å². The van der Waals surface area contributed by atoms with Gasteiger partial charge >= 0.3 is 0 Å². The summed E-state index contributed by atoms with van der Waals surface area (Å²) in [6, 6.07) is 15.5. The van der Waals surface area contributed by atoms with Crippen molar-refractivity contribution in [2.75, 3.05) is 25.7 Å². The van der Waals surface area contributed by atoms with Crippen LogP contribution in [0.3, 0.4) is 0 Å². The Hall–Kier alpha value is -0.980. The molecule has 0 amide bonds. The van der Waals surface area contributed by atoms with Crippen molar-refractivity contribution < 1.29 is 0 Å². The summed E-state index contributed by atoms with van der Waals surface area (Å²) in [6.45, 7) is 6.44. The van der Waals surface area contributed by atoms with Crippen LogP contribution in [-0.4, -0.2) is 20.8 Å². The molecule has 0 saturated heterocycles. The van der Waals surface area contributed by atoms with Crippen molar-refractivity contribution >= 4 is 26.7 Å². The van der Waals surface area contributed by atoms with Crippen molar-refractivity contribution in [3.63, 3.8) is 0 Å². The Morgan fingerprint density at radius 1 is 0.875 bits per heavy atom. The molecule has 132 valence electrons. The third-order valence-corrected chi connectivity index (χ3v) is 4.83. The summed E-state index contributed by atoms with van der Waals surface area (Å²) in [5.41, 5.74) is 4.37. The highest BCUT2D eigenvalue weighted by atomic mass is 32.2. The molecule has 0 aliphatic rings. The standard InChI is InChI=1S/C20H27NS.CH5P/c1-5-10-16-14-19(21(3)4)20(15-17(16)11-6-2)22-18-12-8-7-9-13-18;1-2/h7-9,12-15H,5-6,10-11H2,1-4H3;2H2,1H3. The predicted octanol–water partition coefficient (Wildman–Crippen LogP) is 6.30. The van der Waals surface area contributed by atoms with Gasteiger partial charge in [0.15, 0.2) is 0 Å². The monoisotopic (exact) mass is 361 g/mol. The molecule has 24 heavy (non-hydrogen) atoms. The molecule has 0 radical (unpaired) electrons. The van der Waals surface area contributed by atoms with E-state index in [9.17, 15) is 0 Å². The lowest BCUT2D eigenvalue weighted by Gasteiger charge is -2.21. The van der Waals surface area contributed by atoms with Gasteiger partial charge < -0.3 is 4.90 Å². The van der Waals surface area contributed by atoms with Crippen LogP contribution in [0.2, 0.25) is 0 Å². The second-order valence-corrected chi connectivity index (χ2v) is 7.01. The summed E-state index contributed by atoms with van der Waals surface area (Å²) in [4.78, 5) is 4.90. The molecule has 3 heteroatoms. The fourth-order valence-electron chi connectivity index (χ4n) is 2.70. The Morgan fingerprint density at radius 2 is 1.42 bits per heavy atom. The van der Waals surface area contributed by atoms with E-state index >= 15 is 0 Å². The summed E-state index contributed by atoms with van der Waals surface area (Å²) in [7, 11) is 6.69. The van der Waals surface area contributed by atoms with E-state index < -0.39 is 0 Å². The van der Waals surface area contributed by atoms with E-state index in [1.165, 1.54) is 52.3 Å². The molecule has 0 N–H and O–H groups in total. The van der Waals surface area contributed by atoms with Crippen molar-refractivity contribution in [2.24, 2.45) is 0 Å². The average Bonchev–Trinajstić information content (AvgIpc) is 2.60. The fourth-order valence-corrected chi connectivity index (χ4v) is 3.80. The quantitative estimate of drug-likeness (QED) is 0.532. The van der Waals surface area contributed by atoms with Gasteiger partial charge in [0.25, 0.3) is 0 Å². The number of nitrogens with zero attached hydrogens (tertiary/aromatic N) is 1. The third-order valence-electron chi connectivity index (χ3n) is 3.77. The highest BCUT2D eigenvalue weighted by molar-refractivity contribution is 7.99. The minimum absolute atomic E-state index is 1.17. The van der Waals surface area contributed by atoms with Gasteiger partial charge in [-0.25, -0.2) is 0 Å². The summed E-state index contributed by atoms with van der Waals surface area (Å²) in [5.74, 6) is 0. The highest BCUT2D eigenvalue weighted by Gasteiger charge is 2.12. The van der Waals surface area contributed by atoms with Gasteiger partial charge in [0.05, 0.1) is 5.69 Å². The van der Waals surface area contributed by atoms with Crippen LogP contribution in [0.5, 0.6) is 0 Å². The molecule has 0 fully saturated rings. The number of hydrogen-bond donors (Lipinski definition) is 0. The maximum absolute atomic E-state index is 2.42. The van der Waals surface area contributed by atoms with Gasteiger partial charge in [0.1, 0.15) is 0 Å². The molecule has 0 aromatic heterocycles. The summed E-state index contributed by atoms with van der Waals surface area (Å²) < 4.78 is 0. The van der Waals surface area contributed by atoms with Gasteiger partial charge in [0, 0.05) is 23.9 Å². The van der Waals surface area contributed by atoms with Crippen LogP contribution >= 0.6 is 21.0 Å². The predicted molar refractivity (Wildman–Crippen MR) is 115 cm³/mol. The van der Waals surface area contributed by atoms with Crippen molar-refractivity contribution in [1.82, 2.24) is 0 Å². The van der Waals surface area contributed by atoms with Crippen LogP contribution in [0.4, 0.5) is 5.69 Å². The fraction of sp³-hybridized carbons (Fsp3) is 0.429. The SMILES string of the molecule is CCCc1cc(Sc2ccccc2)c(N(C)C)cc1CCC.CP. The molecule has 2 aromatic rings. The molecule has 2 aromatic carbocycles. The van der Waals surface area contributed by atoms with Gasteiger partial charge in [-0.1, -0.05) is 63.3 Å². The molecule has 0 saturated carbocycles. The van der Waals surface area contributed by atoms with Gasteiger partial charge in [-0.3, -0.25) is 0 Å². The lowest BCUT2D eigenvalue weighted by Crippen LogP contribution is -2.11. The maximum Gasteiger partial charge on any atom is 0.0505 e. The Kier molecular flexibility index (Phi) is 10.1. The van der Waals surface area contributed by atoms with E-state index in [0.717, 1.165) is 0 Å². The molecule has 0 aliphatic carbocycles. The number of benzene rings is 2. The minimum atomic E-state index is 1.17. The first-order valence-electron chi connectivity index (χ1n) is 8.79. The van der Waals surface area contributed by atoms with Gasteiger partial charge in [0.2, 0.25) is 0 Å². The lowest BCUT2D eigenvalue weighted by atomic mass is 9.98. The van der Waals surface area contributed by atoms with Crippen molar-refractivity contribution in [3.05, 3.63) is 53.6 Å². The number of anilines is 1. The van der Waals surface area contributed by atoms with E-state index in [0.29, 0.717) is 0 Å². The van der Waals surface area contributed by atoms with E-state index in [1.807, 2.05) is 18.4 Å². The second kappa shape index (κ2) is 11.6. The number of aryl methyl sites for hydroxylation is 2. The Labute approximate surface area is 155 Å². The van der Waals surface area contributed by atoms with E-state index in [1.54, 1.807) is 0 Å². The van der Waals surface area contributed by atoms with Crippen LogP contribution in [0, 0.1) is 0 Å². The lowest BCUT2D eigenvalue weighted by molar-refractivity contribution is 0.855. The molecule has 0 bridgehead atoms. The Balaban J connectivity index is 0.00000139. The molecule has 1 atom stereocenters. The van der Waals surface area contributed by atoms with Gasteiger partial charge in [-0.2, -0.15) is 0 Å². The summed E-state index contributed by atoms with van der Waals surface area (Å²) >= 11 is 1.87. The largest absolute Gasteiger partial charge is 0.377 e. The average molecular weight is 362 g/mol. The normalized spacial score (nSPS) is 10.1. The zero-order chi connectivity index (χ0) is 17.9. The molecule has 2 rings (SSSR count). The van der Waals surface area contributed by atoms with Crippen LogP contribution in [-0.2, 0) is 12.8 Å². The van der Waals surface area contributed by atoms with Gasteiger partial charge in [-0.05, 0) is 48.2 Å². The van der Waals surface area contributed by atoms with E-state index in [2.05, 4.69) is 84.5 Å². The first-order chi connectivity index (χ1) is 11.7. The first-order valence-corrected chi connectivity index (χ1v) is 10.8. The number of hydrogen-bond acceptors (Lipinski definition) is 2. The molecule has 0 aliphatic heterocycles. The summed E-state index contributed by atoms with van der Waals surface area (Å²) in [6.07, 6.45) is 4.75. The molecular formula is C21H32NPS. The topological polar surface area (TPSA) is 3.24 Å². The zero-order valence-electron chi connectivity index (χ0n) is 15.8. The van der Waals surface area contributed by atoms with Crippen LogP contribution in [0.25, 0.3) is 0 Å². The van der Waals surface area contributed by atoms with E-state index in [-0.39, 0.29) is 0 Å². The summed E-state index contributed by atoms with van der Waals surface area (Å²) in [5, 5.41) is 0. The third kappa shape index (κ3) is 6.15. The smallest absolute Gasteiger partial charge is 0.0505 e. The number of rotatable bonds is 7. The highest BCUT2D eigenvalue weighted by Crippen LogP contribution is 2.37. The first kappa shape index (κ1) is 21.1. The van der Waals surface area contributed by atoms with Crippen molar-refractivity contribution in [1.29, 1.82) is 0 Å². The van der Waals surface area contributed by atoms with Crippen LogP contribution in [0.15, 0.2) is 52.3 Å². The molecular weight excluding hydrogens is 329 g/mol. The van der Waals surface area contributed by atoms with E-state index in [4.69, 9.17) is 0 Å². The molecule has 0 heterocycles. The molecule has 0 spiro atoms. The zero-order valence-corrected chi connectivity index (χ0v) is 17.8. The van der Waals surface area contributed by atoms with Crippen molar-refractivity contribution in [2.45, 2.75) is 49.3 Å². The Bertz CT molecular complexity index is 596. The maximum atomic E-state index is 2.42. The molecule has 1 unspecified atom stereocenters. The van der Waals surface area contributed by atoms with Crippen molar-refractivity contribution in [3.8, 4) is 0 Å². The van der Waals surface area contributed by atoms with Crippen LogP contribution < -0.4 is 4.90 Å².